The van der Waals surface area contributed by atoms with Crippen molar-refractivity contribution in [1.82, 2.24) is 9.97 Å². The highest BCUT2D eigenvalue weighted by atomic mass is 19.4. The van der Waals surface area contributed by atoms with E-state index in [1.54, 1.807) is 24.3 Å². The number of anilines is 3. The number of ketones is 1. The summed E-state index contributed by atoms with van der Waals surface area (Å²) in [6, 6.07) is 6.83. The second-order valence-corrected chi connectivity index (χ2v) is 7.04. The first-order chi connectivity index (χ1) is 16.7. The van der Waals surface area contributed by atoms with E-state index in [0.717, 1.165) is 5.56 Å². The van der Waals surface area contributed by atoms with Gasteiger partial charge in [-0.05, 0) is 30.0 Å². The standard InChI is InChI=1S/C18H22N6O5.C2HF3O2/c1-3-10(11-4-6-12(7-5-11)17(26)29-2)8-13(25)9-21-16-14(24(27)28)15(19)22-18(20)23-16;3-2(4,5)1(6)7/h4-7,10H,3,8-9H2,1-2H3,(H5,19,20,21,22,23);(H,6,7). The summed E-state index contributed by atoms with van der Waals surface area (Å²) < 4.78 is 36.4. The third kappa shape index (κ3) is 8.69. The maximum Gasteiger partial charge on any atom is 0.490 e. The van der Waals surface area contributed by atoms with Crippen molar-refractivity contribution in [1.29, 1.82) is 0 Å². The van der Waals surface area contributed by atoms with Crippen LogP contribution in [-0.4, -0.2) is 57.6 Å². The lowest BCUT2D eigenvalue weighted by atomic mass is 9.91. The molecule has 0 aliphatic heterocycles. The van der Waals surface area contributed by atoms with Crippen LogP contribution < -0.4 is 16.8 Å². The largest absolute Gasteiger partial charge is 0.490 e. The molecule has 13 nitrogen and oxygen atoms in total. The second kappa shape index (κ2) is 12.8. The number of nitrogens with one attached hydrogen (secondary N) is 1. The minimum absolute atomic E-state index is 0.0773. The minimum Gasteiger partial charge on any atom is -0.475 e. The van der Waals surface area contributed by atoms with Crippen molar-refractivity contribution in [3.05, 3.63) is 45.5 Å². The SMILES string of the molecule is CCC(CC(=O)CNc1nc(N)nc(N)c1[N+](=O)[O-])c1ccc(C(=O)OC)cc1.O=C(O)C(F)(F)F. The second-order valence-electron chi connectivity index (χ2n) is 7.04. The number of benzene rings is 1. The molecule has 16 heteroatoms. The van der Waals surface area contributed by atoms with Crippen LogP contribution in [0, 0.1) is 10.1 Å². The molecule has 1 atom stereocenters. The van der Waals surface area contributed by atoms with E-state index in [1.165, 1.54) is 7.11 Å². The monoisotopic (exact) mass is 516 g/mol. The van der Waals surface area contributed by atoms with Gasteiger partial charge in [0.15, 0.2) is 5.78 Å². The topological polar surface area (TPSA) is 214 Å². The molecule has 0 bridgehead atoms. The quantitative estimate of drug-likeness (QED) is 0.215. The van der Waals surface area contributed by atoms with Crippen LogP contribution in [0.15, 0.2) is 24.3 Å². The Bertz CT molecular complexity index is 1110. The van der Waals surface area contributed by atoms with Gasteiger partial charge >= 0.3 is 23.8 Å². The lowest BCUT2D eigenvalue weighted by molar-refractivity contribution is -0.383. The lowest BCUT2D eigenvalue weighted by Gasteiger charge is -2.15. The van der Waals surface area contributed by atoms with E-state index in [0.29, 0.717) is 12.0 Å². The molecule has 0 spiro atoms. The summed E-state index contributed by atoms with van der Waals surface area (Å²) in [5.41, 5.74) is 11.8. The molecule has 1 aromatic heterocycles. The zero-order chi connectivity index (χ0) is 27.6. The van der Waals surface area contributed by atoms with Crippen molar-refractivity contribution < 1.29 is 42.3 Å². The first kappa shape index (κ1) is 29.5. The maximum absolute atomic E-state index is 12.4. The maximum atomic E-state index is 12.4. The predicted molar refractivity (Wildman–Crippen MR) is 120 cm³/mol. The van der Waals surface area contributed by atoms with Gasteiger partial charge in [0.05, 0.1) is 24.1 Å². The van der Waals surface area contributed by atoms with Crippen LogP contribution in [-0.2, 0) is 14.3 Å². The third-order valence-electron chi connectivity index (χ3n) is 4.58. The Morgan fingerprint density at radius 2 is 1.75 bits per heavy atom. The normalized spacial score (nSPS) is 11.5. The van der Waals surface area contributed by atoms with Crippen molar-refractivity contribution in [2.24, 2.45) is 0 Å². The summed E-state index contributed by atoms with van der Waals surface area (Å²) >= 11 is 0. The molecule has 0 radical (unpaired) electrons. The summed E-state index contributed by atoms with van der Waals surface area (Å²) in [5, 5.41) is 20.9. The molecule has 1 unspecified atom stereocenters. The molecule has 6 N–H and O–H groups in total. The first-order valence-corrected chi connectivity index (χ1v) is 10.0. The van der Waals surface area contributed by atoms with Crippen LogP contribution in [0.4, 0.5) is 36.4 Å². The average molecular weight is 516 g/mol. The predicted octanol–water partition coefficient (Wildman–Crippen LogP) is 2.53. The van der Waals surface area contributed by atoms with Crippen LogP contribution in [0.3, 0.4) is 0 Å². The van der Waals surface area contributed by atoms with Gasteiger partial charge in [0.1, 0.15) is 0 Å². The molecule has 196 valence electrons. The zero-order valence-corrected chi connectivity index (χ0v) is 19.0. The Labute approximate surface area is 201 Å². The summed E-state index contributed by atoms with van der Waals surface area (Å²) in [6.45, 7) is 1.75. The van der Waals surface area contributed by atoms with E-state index in [-0.39, 0.29) is 42.3 Å². The Morgan fingerprint density at radius 1 is 1.19 bits per heavy atom. The number of carboxylic acids is 1. The number of ether oxygens (including phenoxy) is 1. The number of esters is 1. The Kier molecular flexibility index (Phi) is 10.5. The number of carbonyl (C=O) groups is 3. The molecule has 0 amide bonds. The number of nitrogens with two attached hydrogens (primary N) is 2. The number of hydrogen-bond acceptors (Lipinski definition) is 11. The van der Waals surface area contributed by atoms with Gasteiger partial charge in [0.2, 0.25) is 17.6 Å². The number of hydrogen-bond donors (Lipinski definition) is 4. The molecule has 0 aliphatic carbocycles. The molecule has 0 fully saturated rings. The Morgan fingerprint density at radius 3 is 2.19 bits per heavy atom. The molecule has 36 heavy (non-hydrogen) atoms. The van der Waals surface area contributed by atoms with Crippen LogP contribution in [0.25, 0.3) is 0 Å². The number of halogens is 3. The summed E-state index contributed by atoms with van der Waals surface area (Å²) in [4.78, 5) is 50.6. The Hall–Kier alpha value is -4.50. The van der Waals surface area contributed by atoms with Crippen molar-refractivity contribution >= 4 is 41.0 Å². The third-order valence-corrected chi connectivity index (χ3v) is 4.58. The molecule has 0 aliphatic rings. The smallest absolute Gasteiger partial charge is 0.475 e. The summed E-state index contributed by atoms with van der Waals surface area (Å²) in [5.74, 6) is -4.27. The number of nitrogen functional groups attached to an aromatic ring is 2. The van der Waals surface area contributed by atoms with E-state index in [9.17, 15) is 32.9 Å². The van der Waals surface area contributed by atoms with Gasteiger partial charge in [-0.2, -0.15) is 23.1 Å². The zero-order valence-electron chi connectivity index (χ0n) is 19.0. The van der Waals surface area contributed by atoms with Gasteiger partial charge in [-0.1, -0.05) is 19.1 Å². The number of Topliss-reactive ketones (excluding diaryl/α,β-unsaturated/α-hetero) is 1. The van der Waals surface area contributed by atoms with Gasteiger partial charge in [-0.15, -0.1) is 0 Å². The highest BCUT2D eigenvalue weighted by molar-refractivity contribution is 5.89. The number of nitro groups is 1. The Balaban J connectivity index is 0.000000809. The molecular weight excluding hydrogens is 493 g/mol. The molecular formula is C20H23F3N6O7. The van der Waals surface area contributed by atoms with Crippen molar-refractivity contribution in [3.8, 4) is 0 Å². The molecule has 1 aromatic carbocycles. The number of aromatic nitrogens is 2. The molecule has 0 saturated carbocycles. The van der Waals surface area contributed by atoms with Gasteiger partial charge in [-0.25, -0.2) is 9.59 Å². The van der Waals surface area contributed by atoms with Crippen molar-refractivity contribution in [2.75, 3.05) is 30.4 Å². The number of carbonyl (C=O) groups excluding carboxylic acids is 2. The first-order valence-electron chi connectivity index (χ1n) is 10.0. The fourth-order valence-electron chi connectivity index (χ4n) is 2.83. The number of alkyl halides is 3. The minimum atomic E-state index is -5.08. The van der Waals surface area contributed by atoms with Crippen molar-refractivity contribution in [3.63, 3.8) is 0 Å². The molecule has 2 aromatic rings. The summed E-state index contributed by atoms with van der Waals surface area (Å²) in [7, 11) is 1.31. The van der Waals surface area contributed by atoms with E-state index >= 15 is 0 Å². The number of carboxylic acid groups (broad SMARTS) is 1. The summed E-state index contributed by atoms with van der Waals surface area (Å²) in [6.07, 6.45) is -4.19. The van der Waals surface area contributed by atoms with Crippen molar-refractivity contribution in [2.45, 2.75) is 31.9 Å². The van der Waals surface area contributed by atoms with E-state index < -0.39 is 28.7 Å². The van der Waals surface area contributed by atoms with Gasteiger partial charge in [0, 0.05) is 6.42 Å². The van der Waals surface area contributed by atoms with Crippen LogP contribution >= 0.6 is 0 Å². The fraction of sp³-hybridized carbons (Fsp3) is 0.350. The molecule has 0 saturated heterocycles. The average Bonchev–Trinajstić information content (AvgIpc) is 2.79. The highest BCUT2D eigenvalue weighted by Crippen LogP contribution is 2.29. The van der Waals surface area contributed by atoms with Gasteiger partial charge in [0.25, 0.3) is 0 Å². The molecule has 1 heterocycles. The van der Waals surface area contributed by atoms with Crippen LogP contribution in [0.1, 0.15) is 41.6 Å². The van der Waals surface area contributed by atoms with E-state index in [4.69, 9.17) is 21.4 Å². The van der Waals surface area contributed by atoms with E-state index in [1.807, 2.05) is 6.92 Å². The molecule has 2 rings (SSSR count). The fourth-order valence-corrected chi connectivity index (χ4v) is 2.83. The van der Waals surface area contributed by atoms with Gasteiger partial charge < -0.3 is 26.6 Å². The number of aliphatic carboxylic acids is 1. The number of methoxy groups -OCH3 is 1. The van der Waals surface area contributed by atoms with Crippen LogP contribution in [0.5, 0.6) is 0 Å². The number of rotatable bonds is 9. The van der Waals surface area contributed by atoms with E-state index in [2.05, 4.69) is 20.0 Å². The van der Waals surface area contributed by atoms with Gasteiger partial charge in [-0.3, -0.25) is 14.9 Å². The number of nitrogens with zero attached hydrogens (tertiary/aromatic N) is 3. The lowest BCUT2D eigenvalue weighted by Crippen LogP contribution is -2.21. The highest BCUT2D eigenvalue weighted by Gasteiger charge is 2.38. The van der Waals surface area contributed by atoms with Crippen LogP contribution in [0.2, 0.25) is 0 Å².